The molecule has 1 aromatic carbocycles. The van der Waals surface area contributed by atoms with Crippen LogP contribution in [0.5, 0.6) is 0 Å². The van der Waals surface area contributed by atoms with Gasteiger partial charge in [-0.15, -0.1) is 0 Å². The summed E-state index contributed by atoms with van der Waals surface area (Å²) in [7, 11) is 0. The summed E-state index contributed by atoms with van der Waals surface area (Å²) in [6.45, 7) is 4.44. The number of hydrogen-bond acceptors (Lipinski definition) is 3. The summed E-state index contributed by atoms with van der Waals surface area (Å²) in [4.78, 5) is 2.95. The van der Waals surface area contributed by atoms with Crippen molar-refractivity contribution >= 4 is 38.8 Å². The van der Waals surface area contributed by atoms with Gasteiger partial charge in [-0.25, -0.2) is 0 Å². The van der Waals surface area contributed by atoms with Crippen molar-refractivity contribution in [3.8, 4) is 0 Å². The van der Waals surface area contributed by atoms with Gasteiger partial charge in [-0.2, -0.15) is 0 Å². The maximum Gasteiger partial charge on any atom is 0.106 e. The zero-order valence-electron chi connectivity index (χ0n) is 11.0. The van der Waals surface area contributed by atoms with Crippen molar-refractivity contribution in [2.24, 2.45) is 5.73 Å². The molecule has 104 valence electrons. The zero-order valence-corrected chi connectivity index (χ0v) is 13.4. The highest BCUT2D eigenvalue weighted by atomic mass is 79.9. The summed E-state index contributed by atoms with van der Waals surface area (Å²) < 4.78 is 1.04. The summed E-state index contributed by atoms with van der Waals surface area (Å²) in [6, 6.07) is 5.95. The summed E-state index contributed by atoms with van der Waals surface area (Å²) in [5.74, 6) is 0. The average Bonchev–Trinajstić information content (AvgIpc) is 2.39. The molecule has 2 rings (SSSR count). The number of rotatable bonds is 5. The number of anilines is 1. The summed E-state index contributed by atoms with van der Waals surface area (Å²) in [6.07, 6.45) is 4.03. The third-order valence-electron chi connectivity index (χ3n) is 3.44. The molecule has 19 heavy (non-hydrogen) atoms. The average molecular weight is 342 g/mol. The molecule has 1 aliphatic rings. The molecule has 0 amide bonds. The molecule has 0 saturated carbocycles. The largest absolute Gasteiger partial charge is 0.389 e. The number of hydrogen-bond donors (Lipinski definition) is 2. The predicted octanol–water partition coefficient (Wildman–Crippen LogP) is 2.98. The summed E-state index contributed by atoms with van der Waals surface area (Å²) >= 11 is 8.56. The van der Waals surface area contributed by atoms with E-state index in [0.717, 1.165) is 28.8 Å². The highest BCUT2D eigenvalue weighted by Crippen LogP contribution is 2.21. The number of halogens is 1. The maximum atomic E-state index is 5.74. The molecule has 0 unspecified atom stereocenters. The molecule has 5 heteroatoms. The molecule has 3 nitrogen and oxygen atoms in total. The number of benzene rings is 1. The van der Waals surface area contributed by atoms with Crippen LogP contribution in [-0.4, -0.2) is 36.1 Å². The topological polar surface area (TPSA) is 41.3 Å². The first-order valence-corrected chi connectivity index (χ1v) is 7.92. The van der Waals surface area contributed by atoms with Gasteiger partial charge in [0, 0.05) is 28.8 Å². The first kappa shape index (κ1) is 14.8. The van der Waals surface area contributed by atoms with Crippen molar-refractivity contribution in [3.05, 3.63) is 28.2 Å². The highest BCUT2D eigenvalue weighted by Gasteiger charge is 2.10. The second-order valence-corrected chi connectivity index (χ2v) is 6.24. The van der Waals surface area contributed by atoms with Gasteiger partial charge in [-0.3, -0.25) is 0 Å². The molecule has 1 fully saturated rings. The van der Waals surface area contributed by atoms with Crippen LogP contribution < -0.4 is 11.1 Å². The Morgan fingerprint density at radius 2 is 2.05 bits per heavy atom. The van der Waals surface area contributed by atoms with Crippen molar-refractivity contribution in [2.45, 2.75) is 19.3 Å². The normalized spacial score (nSPS) is 16.3. The number of nitrogens with two attached hydrogens (primary N) is 1. The first-order chi connectivity index (χ1) is 9.16. The van der Waals surface area contributed by atoms with Crippen molar-refractivity contribution in [3.63, 3.8) is 0 Å². The molecule has 0 aromatic heterocycles. The number of likely N-dealkylation sites (tertiary alicyclic amines) is 1. The van der Waals surface area contributed by atoms with Crippen LogP contribution in [0.4, 0.5) is 5.69 Å². The molecule has 1 aliphatic heterocycles. The quantitative estimate of drug-likeness (QED) is 0.808. The van der Waals surface area contributed by atoms with E-state index in [0.29, 0.717) is 4.99 Å². The summed E-state index contributed by atoms with van der Waals surface area (Å²) in [5, 5.41) is 3.44. The van der Waals surface area contributed by atoms with Crippen LogP contribution in [0, 0.1) is 0 Å². The smallest absolute Gasteiger partial charge is 0.106 e. The van der Waals surface area contributed by atoms with E-state index >= 15 is 0 Å². The SMILES string of the molecule is NC(=S)c1ccc(Br)cc1NCCN1CCCCC1. The molecular formula is C14H20BrN3S. The van der Waals surface area contributed by atoms with Gasteiger partial charge in [0.15, 0.2) is 0 Å². The molecule has 0 aliphatic carbocycles. The van der Waals surface area contributed by atoms with Gasteiger partial charge in [-0.05, 0) is 44.1 Å². The van der Waals surface area contributed by atoms with Crippen LogP contribution in [0.3, 0.4) is 0 Å². The van der Waals surface area contributed by atoms with E-state index in [1.165, 1.54) is 32.4 Å². The van der Waals surface area contributed by atoms with Gasteiger partial charge in [0.25, 0.3) is 0 Å². The Morgan fingerprint density at radius 1 is 1.32 bits per heavy atom. The van der Waals surface area contributed by atoms with Crippen LogP contribution >= 0.6 is 28.1 Å². The van der Waals surface area contributed by atoms with Crippen LogP contribution in [0.1, 0.15) is 24.8 Å². The fraction of sp³-hybridized carbons (Fsp3) is 0.500. The van der Waals surface area contributed by atoms with Crippen molar-refractivity contribution in [1.29, 1.82) is 0 Å². The van der Waals surface area contributed by atoms with Crippen LogP contribution in [0.15, 0.2) is 22.7 Å². The molecule has 1 aromatic rings. The van der Waals surface area contributed by atoms with Crippen LogP contribution in [0.2, 0.25) is 0 Å². The van der Waals surface area contributed by atoms with E-state index in [-0.39, 0.29) is 0 Å². The van der Waals surface area contributed by atoms with Crippen molar-refractivity contribution in [2.75, 3.05) is 31.5 Å². The molecule has 0 atom stereocenters. The molecule has 1 heterocycles. The lowest BCUT2D eigenvalue weighted by Gasteiger charge is -2.26. The third kappa shape index (κ3) is 4.44. The molecule has 1 saturated heterocycles. The minimum absolute atomic E-state index is 0.438. The van der Waals surface area contributed by atoms with Gasteiger partial charge < -0.3 is 16.0 Å². The molecule has 0 radical (unpaired) electrons. The molecule has 3 N–H and O–H groups in total. The minimum atomic E-state index is 0.438. The van der Waals surface area contributed by atoms with Crippen LogP contribution in [0.25, 0.3) is 0 Å². The Balaban J connectivity index is 1.91. The molecule has 0 spiro atoms. The standard InChI is InChI=1S/C14H20BrN3S/c15-11-4-5-12(14(16)19)13(10-11)17-6-9-18-7-2-1-3-8-18/h4-5,10,17H,1-3,6-9H2,(H2,16,19). The Labute approximate surface area is 128 Å². The summed E-state index contributed by atoms with van der Waals surface area (Å²) in [5.41, 5.74) is 7.67. The second kappa shape index (κ2) is 7.22. The van der Waals surface area contributed by atoms with E-state index in [4.69, 9.17) is 18.0 Å². The van der Waals surface area contributed by atoms with Gasteiger partial charge in [-0.1, -0.05) is 34.6 Å². The predicted molar refractivity (Wildman–Crippen MR) is 88.8 cm³/mol. The lowest BCUT2D eigenvalue weighted by atomic mass is 10.1. The van der Waals surface area contributed by atoms with E-state index in [9.17, 15) is 0 Å². The maximum absolute atomic E-state index is 5.74. The minimum Gasteiger partial charge on any atom is -0.389 e. The van der Waals surface area contributed by atoms with Gasteiger partial charge in [0.2, 0.25) is 0 Å². The highest BCUT2D eigenvalue weighted by molar-refractivity contribution is 9.10. The van der Waals surface area contributed by atoms with Crippen molar-refractivity contribution < 1.29 is 0 Å². The molecule has 0 bridgehead atoms. The monoisotopic (exact) mass is 341 g/mol. The van der Waals surface area contributed by atoms with Gasteiger partial charge in [0.05, 0.1) is 0 Å². The Bertz CT molecular complexity index is 444. The van der Waals surface area contributed by atoms with E-state index < -0.39 is 0 Å². The number of nitrogens with one attached hydrogen (secondary N) is 1. The number of thiocarbonyl (C=S) groups is 1. The Hall–Kier alpha value is -0.650. The molecular weight excluding hydrogens is 322 g/mol. The zero-order chi connectivity index (χ0) is 13.7. The Kier molecular flexibility index (Phi) is 5.60. The van der Waals surface area contributed by atoms with E-state index in [2.05, 4.69) is 26.1 Å². The van der Waals surface area contributed by atoms with E-state index in [1.54, 1.807) is 0 Å². The fourth-order valence-electron chi connectivity index (χ4n) is 2.41. The number of nitrogens with zero attached hydrogens (tertiary/aromatic N) is 1. The third-order valence-corrected chi connectivity index (χ3v) is 4.15. The van der Waals surface area contributed by atoms with Crippen LogP contribution in [-0.2, 0) is 0 Å². The van der Waals surface area contributed by atoms with Gasteiger partial charge in [0.1, 0.15) is 4.99 Å². The van der Waals surface area contributed by atoms with Gasteiger partial charge >= 0.3 is 0 Å². The van der Waals surface area contributed by atoms with E-state index in [1.807, 2.05) is 18.2 Å². The lowest BCUT2D eigenvalue weighted by Crippen LogP contribution is -2.33. The second-order valence-electron chi connectivity index (χ2n) is 4.88. The Morgan fingerprint density at radius 3 is 2.74 bits per heavy atom. The fourth-order valence-corrected chi connectivity index (χ4v) is 2.95. The van der Waals surface area contributed by atoms with Crippen molar-refractivity contribution in [1.82, 2.24) is 4.90 Å². The first-order valence-electron chi connectivity index (χ1n) is 6.72. The number of piperidine rings is 1. The lowest BCUT2D eigenvalue weighted by molar-refractivity contribution is 0.237.